The number of nitrogen functional groups attached to an aromatic ring is 1. The smallest absolute Gasteiger partial charge is 0.324 e. The van der Waals surface area contributed by atoms with Crippen LogP contribution >= 0.6 is 0 Å². The van der Waals surface area contributed by atoms with Crippen molar-refractivity contribution in [3.8, 4) is 5.75 Å². The lowest BCUT2D eigenvalue weighted by atomic mass is 10.0. The Bertz CT molecular complexity index is 1080. The van der Waals surface area contributed by atoms with Crippen molar-refractivity contribution in [2.45, 2.75) is 13.3 Å². The zero-order valence-electron chi connectivity index (χ0n) is 15.1. The number of hydrogen-bond acceptors (Lipinski definition) is 8. The maximum absolute atomic E-state index is 10.4. The van der Waals surface area contributed by atoms with Gasteiger partial charge < -0.3 is 10.8 Å². The monoisotopic (exact) mass is 400 g/mol. The number of nitro groups is 3. The fourth-order valence-electron chi connectivity index (χ4n) is 2.72. The zero-order chi connectivity index (χ0) is 21.7. The van der Waals surface area contributed by atoms with E-state index < -0.39 is 37.6 Å². The molecule has 0 bridgehead atoms. The first-order chi connectivity index (χ1) is 13.7. The van der Waals surface area contributed by atoms with E-state index in [4.69, 9.17) is 10.8 Å². The topological polar surface area (TPSA) is 176 Å². The number of nitrogens with two attached hydrogens (primary N) is 1. The number of aryl methyl sites for hydroxylation is 1. The third-order valence-electron chi connectivity index (χ3n) is 4.09. The molecule has 3 aromatic rings. The molecule has 3 N–H and O–H groups in total. The number of benzene rings is 3. The van der Waals surface area contributed by atoms with E-state index in [0.29, 0.717) is 12.1 Å². The standard InChI is InChI=1S/C12H13N.C6H3N3O7/c1-2-10-11-6-4-3-5-9(11)7-8-12(10)13;10-6-4(8(13)14)1-3(7(11)12)2-5(6)9(15)16/h3-8H,2,13H2,1H3;1-2,10H. The lowest BCUT2D eigenvalue weighted by Gasteiger charge is -2.06. The first-order valence-corrected chi connectivity index (χ1v) is 8.23. The van der Waals surface area contributed by atoms with Gasteiger partial charge in [0.05, 0.1) is 26.9 Å². The maximum Gasteiger partial charge on any atom is 0.324 e. The largest absolute Gasteiger partial charge is 0.497 e. The van der Waals surface area contributed by atoms with E-state index in [1.165, 1.54) is 16.3 Å². The van der Waals surface area contributed by atoms with Gasteiger partial charge in [-0.25, -0.2) is 0 Å². The Morgan fingerprint density at radius 3 is 1.93 bits per heavy atom. The quantitative estimate of drug-likeness (QED) is 0.373. The van der Waals surface area contributed by atoms with Crippen molar-refractivity contribution in [2.75, 3.05) is 5.73 Å². The molecule has 0 aliphatic heterocycles. The average Bonchev–Trinajstić information content (AvgIpc) is 2.68. The molecule has 0 radical (unpaired) electrons. The summed E-state index contributed by atoms with van der Waals surface area (Å²) in [4.78, 5) is 27.8. The normalized spacial score (nSPS) is 10.1. The average molecular weight is 400 g/mol. The van der Waals surface area contributed by atoms with Gasteiger partial charge in [0.15, 0.2) is 0 Å². The van der Waals surface area contributed by atoms with Crippen molar-refractivity contribution < 1.29 is 19.9 Å². The molecule has 0 atom stereocenters. The summed E-state index contributed by atoms with van der Waals surface area (Å²) >= 11 is 0. The number of anilines is 1. The number of aromatic hydroxyl groups is 1. The number of rotatable bonds is 4. The van der Waals surface area contributed by atoms with E-state index in [9.17, 15) is 30.3 Å². The molecule has 0 spiro atoms. The Balaban J connectivity index is 0.000000211. The number of phenols is 1. The van der Waals surface area contributed by atoms with Crippen LogP contribution < -0.4 is 5.73 Å². The lowest BCUT2D eigenvalue weighted by molar-refractivity contribution is -0.404. The second-order valence-electron chi connectivity index (χ2n) is 5.81. The molecular weight excluding hydrogens is 384 g/mol. The number of nitrogens with zero attached hydrogens (tertiary/aromatic N) is 3. The van der Waals surface area contributed by atoms with Crippen LogP contribution in [0.25, 0.3) is 10.8 Å². The SMILES string of the molecule is CCc1c(N)ccc2ccccc12.O=[N+]([O-])c1cc([N+](=O)[O-])c(O)c([N+](=O)[O-])c1. The third-order valence-corrected chi connectivity index (χ3v) is 4.09. The van der Waals surface area contributed by atoms with Crippen molar-refractivity contribution in [1.82, 2.24) is 0 Å². The highest BCUT2D eigenvalue weighted by Crippen LogP contribution is 2.38. The molecule has 29 heavy (non-hydrogen) atoms. The minimum Gasteiger partial charge on any atom is -0.497 e. The summed E-state index contributed by atoms with van der Waals surface area (Å²) in [6.45, 7) is 2.14. The fourth-order valence-corrected chi connectivity index (χ4v) is 2.72. The summed E-state index contributed by atoms with van der Waals surface area (Å²) < 4.78 is 0. The van der Waals surface area contributed by atoms with Gasteiger partial charge in [0.1, 0.15) is 0 Å². The highest BCUT2D eigenvalue weighted by molar-refractivity contribution is 5.89. The Labute approximate surface area is 163 Å². The Morgan fingerprint density at radius 2 is 1.45 bits per heavy atom. The maximum atomic E-state index is 10.4. The van der Waals surface area contributed by atoms with Crippen LogP contribution in [0.4, 0.5) is 22.7 Å². The van der Waals surface area contributed by atoms with Gasteiger partial charge in [0.2, 0.25) is 0 Å². The van der Waals surface area contributed by atoms with Crippen molar-refractivity contribution in [1.29, 1.82) is 0 Å². The van der Waals surface area contributed by atoms with Gasteiger partial charge in [-0.05, 0) is 28.8 Å². The van der Waals surface area contributed by atoms with Crippen LogP contribution in [0.5, 0.6) is 5.75 Å². The molecule has 0 saturated carbocycles. The third kappa shape index (κ3) is 4.53. The molecule has 0 saturated heterocycles. The van der Waals surface area contributed by atoms with Crippen LogP contribution in [0.2, 0.25) is 0 Å². The molecule has 0 aliphatic carbocycles. The summed E-state index contributed by atoms with van der Waals surface area (Å²) in [6, 6.07) is 13.3. The molecule has 150 valence electrons. The number of nitro benzene ring substituents is 3. The lowest BCUT2D eigenvalue weighted by Crippen LogP contribution is -1.97. The fraction of sp³-hybridized carbons (Fsp3) is 0.111. The van der Waals surface area contributed by atoms with Crippen molar-refractivity contribution >= 4 is 33.5 Å². The van der Waals surface area contributed by atoms with Crippen LogP contribution in [-0.2, 0) is 6.42 Å². The predicted molar refractivity (Wildman–Crippen MR) is 106 cm³/mol. The van der Waals surface area contributed by atoms with Gasteiger partial charge in [-0.3, -0.25) is 30.3 Å². The van der Waals surface area contributed by atoms with Gasteiger partial charge in [-0.2, -0.15) is 0 Å². The number of fused-ring (bicyclic) bond motifs is 1. The summed E-state index contributed by atoms with van der Waals surface area (Å²) in [5.41, 5.74) is 5.06. The van der Waals surface area contributed by atoms with E-state index in [1.54, 1.807) is 0 Å². The zero-order valence-corrected chi connectivity index (χ0v) is 15.1. The molecule has 0 fully saturated rings. The van der Waals surface area contributed by atoms with Crippen LogP contribution in [0.1, 0.15) is 12.5 Å². The van der Waals surface area contributed by atoms with E-state index >= 15 is 0 Å². The predicted octanol–water partition coefficient (Wildman–Crippen LogP) is 4.10. The summed E-state index contributed by atoms with van der Waals surface area (Å²) in [7, 11) is 0. The molecule has 3 aromatic carbocycles. The highest BCUT2D eigenvalue weighted by atomic mass is 16.6. The highest BCUT2D eigenvalue weighted by Gasteiger charge is 2.30. The van der Waals surface area contributed by atoms with Gasteiger partial charge in [-0.15, -0.1) is 0 Å². The second-order valence-corrected chi connectivity index (χ2v) is 5.81. The summed E-state index contributed by atoms with van der Waals surface area (Å²) in [6.07, 6.45) is 0.993. The van der Waals surface area contributed by atoms with Crippen LogP contribution in [0.15, 0.2) is 48.5 Å². The van der Waals surface area contributed by atoms with Crippen LogP contribution in [0, 0.1) is 30.3 Å². The molecule has 0 aliphatic rings. The van der Waals surface area contributed by atoms with E-state index in [1.807, 2.05) is 6.07 Å². The molecule has 11 nitrogen and oxygen atoms in total. The van der Waals surface area contributed by atoms with Crippen molar-refractivity contribution in [2.24, 2.45) is 0 Å². The molecule has 0 amide bonds. The number of hydrogen-bond donors (Lipinski definition) is 2. The van der Waals surface area contributed by atoms with Gasteiger partial charge in [0, 0.05) is 5.69 Å². The number of non-ortho nitro benzene ring substituents is 1. The van der Waals surface area contributed by atoms with Gasteiger partial charge in [0.25, 0.3) is 11.4 Å². The van der Waals surface area contributed by atoms with Gasteiger partial charge in [-0.1, -0.05) is 37.3 Å². The molecule has 3 rings (SSSR count). The Morgan fingerprint density at radius 1 is 0.897 bits per heavy atom. The van der Waals surface area contributed by atoms with Gasteiger partial charge >= 0.3 is 11.4 Å². The Hall–Kier alpha value is -4.28. The summed E-state index contributed by atoms with van der Waals surface area (Å²) in [5, 5.41) is 42.8. The summed E-state index contributed by atoms with van der Waals surface area (Å²) in [5.74, 6) is -1.21. The molecular formula is C18H16N4O7. The molecule has 11 heteroatoms. The second kappa shape index (κ2) is 8.61. The van der Waals surface area contributed by atoms with Crippen molar-refractivity contribution in [3.05, 3.63) is 84.4 Å². The van der Waals surface area contributed by atoms with E-state index in [0.717, 1.165) is 12.1 Å². The van der Waals surface area contributed by atoms with Crippen LogP contribution in [-0.4, -0.2) is 19.9 Å². The first kappa shape index (κ1) is 21.0. The van der Waals surface area contributed by atoms with Crippen molar-refractivity contribution in [3.63, 3.8) is 0 Å². The Kier molecular flexibility index (Phi) is 6.24. The number of phenolic OH excluding ortho intramolecular Hbond substituents is 1. The minimum absolute atomic E-state index is 0.447. The minimum atomic E-state index is -1.21. The molecule has 0 unspecified atom stereocenters. The molecule has 0 aromatic heterocycles. The van der Waals surface area contributed by atoms with Crippen LogP contribution in [0.3, 0.4) is 0 Å². The molecule has 0 heterocycles. The van der Waals surface area contributed by atoms with E-state index in [-0.39, 0.29) is 0 Å². The van der Waals surface area contributed by atoms with E-state index in [2.05, 4.69) is 37.3 Å². The first-order valence-electron chi connectivity index (χ1n) is 8.23.